The largest absolute Gasteiger partial charge is 0.392 e. The molecule has 2 aromatic carbocycles. The third-order valence-electron chi connectivity index (χ3n) is 4.84. The molecule has 1 heterocycles. The van der Waals surface area contributed by atoms with Crippen molar-refractivity contribution in [1.82, 2.24) is 9.55 Å². The molecule has 0 atom stereocenters. The summed E-state index contributed by atoms with van der Waals surface area (Å²) in [5.41, 5.74) is 4.23. The Kier molecular flexibility index (Phi) is 7.46. The minimum Gasteiger partial charge on any atom is -0.392 e. The first-order valence-electron chi connectivity index (χ1n) is 9.83. The maximum atomic E-state index is 9.90. The zero-order valence-electron chi connectivity index (χ0n) is 16.3. The van der Waals surface area contributed by atoms with Crippen LogP contribution in [0.25, 0.3) is 6.08 Å². The number of aliphatic hydroxyl groups excluding tert-OH is 1. The van der Waals surface area contributed by atoms with E-state index in [2.05, 4.69) is 40.7 Å². The maximum absolute atomic E-state index is 9.90. The quantitative estimate of drug-likeness (QED) is 0.517. The van der Waals surface area contributed by atoms with Gasteiger partial charge in [0, 0.05) is 11.4 Å². The minimum atomic E-state index is 0.0243. The van der Waals surface area contributed by atoms with Gasteiger partial charge in [-0.05, 0) is 41.7 Å². The van der Waals surface area contributed by atoms with Crippen molar-refractivity contribution >= 4 is 17.7 Å². The van der Waals surface area contributed by atoms with Crippen LogP contribution < -0.4 is 0 Å². The van der Waals surface area contributed by atoms with E-state index in [0.717, 1.165) is 53.4 Å². The molecule has 0 fully saturated rings. The Balaban J connectivity index is 1.92. The Labute approximate surface area is 172 Å². The van der Waals surface area contributed by atoms with Crippen LogP contribution >= 0.6 is 11.6 Å². The normalized spacial score (nSPS) is 11.8. The third-order valence-corrected chi connectivity index (χ3v) is 5.21. The summed E-state index contributed by atoms with van der Waals surface area (Å²) >= 11 is 6.40. The van der Waals surface area contributed by atoms with E-state index < -0.39 is 0 Å². The number of rotatable bonds is 9. The number of aromatic nitrogens is 2. The minimum absolute atomic E-state index is 0.0243. The zero-order chi connectivity index (χ0) is 19.8. The summed E-state index contributed by atoms with van der Waals surface area (Å²) in [6, 6.07) is 18.1. The zero-order valence-corrected chi connectivity index (χ0v) is 17.1. The first kappa shape index (κ1) is 20.4. The van der Waals surface area contributed by atoms with Crippen molar-refractivity contribution in [1.29, 1.82) is 0 Å². The summed E-state index contributed by atoms with van der Waals surface area (Å²) in [6.07, 6.45) is 7.84. The molecule has 1 N–H and O–H groups in total. The van der Waals surface area contributed by atoms with Crippen LogP contribution in [0.2, 0.25) is 5.02 Å². The van der Waals surface area contributed by atoms with Crippen LogP contribution in [0, 0.1) is 0 Å². The fraction of sp³-hybridized carbons (Fsp3) is 0.292. The molecule has 0 aliphatic rings. The highest BCUT2D eigenvalue weighted by Crippen LogP contribution is 2.21. The van der Waals surface area contributed by atoms with Crippen molar-refractivity contribution in [2.24, 2.45) is 0 Å². The van der Waals surface area contributed by atoms with Crippen molar-refractivity contribution in [3.63, 3.8) is 0 Å². The number of nitrogens with zero attached hydrogens (tertiary/aromatic N) is 2. The molecule has 0 saturated heterocycles. The molecule has 0 aliphatic heterocycles. The molecule has 0 amide bonds. The van der Waals surface area contributed by atoms with Gasteiger partial charge in [0.05, 0.1) is 25.0 Å². The molecule has 146 valence electrons. The monoisotopic (exact) mass is 394 g/mol. The second kappa shape index (κ2) is 10.3. The second-order valence-corrected chi connectivity index (χ2v) is 7.41. The summed E-state index contributed by atoms with van der Waals surface area (Å²) < 4.78 is 2.22. The molecule has 0 aliphatic carbocycles. The van der Waals surface area contributed by atoms with E-state index in [1.165, 1.54) is 5.56 Å². The summed E-state index contributed by atoms with van der Waals surface area (Å²) in [5, 5.41) is 10.7. The van der Waals surface area contributed by atoms with Crippen LogP contribution in [-0.2, 0) is 19.4 Å². The molecule has 1 aromatic heterocycles. The SMILES string of the molecule is CCCCc1ncc(C=C(CO)Cc2ccccc2)n1Cc1ccccc1Cl. The Morgan fingerprint density at radius 1 is 1.11 bits per heavy atom. The number of imidazole rings is 1. The predicted molar refractivity (Wildman–Crippen MR) is 117 cm³/mol. The summed E-state index contributed by atoms with van der Waals surface area (Å²) in [5.74, 6) is 1.06. The highest BCUT2D eigenvalue weighted by molar-refractivity contribution is 6.31. The Morgan fingerprint density at radius 3 is 2.57 bits per heavy atom. The van der Waals surface area contributed by atoms with Crippen molar-refractivity contribution in [2.45, 2.75) is 39.2 Å². The molecule has 0 bridgehead atoms. The van der Waals surface area contributed by atoms with Crippen molar-refractivity contribution in [3.8, 4) is 0 Å². The van der Waals surface area contributed by atoms with E-state index in [1.54, 1.807) is 0 Å². The van der Waals surface area contributed by atoms with Crippen LogP contribution in [0.1, 0.15) is 42.4 Å². The Morgan fingerprint density at radius 2 is 1.86 bits per heavy atom. The van der Waals surface area contributed by atoms with Gasteiger partial charge in [0.1, 0.15) is 5.82 Å². The molecule has 3 aromatic rings. The predicted octanol–water partition coefficient (Wildman–Crippen LogP) is 5.55. The lowest BCUT2D eigenvalue weighted by Gasteiger charge is -2.13. The second-order valence-electron chi connectivity index (χ2n) is 7.00. The molecule has 4 heteroatoms. The van der Waals surface area contributed by atoms with Gasteiger partial charge in [-0.2, -0.15) is 0 Å². The molecule has 0 unspecified atom stereocenters. The maximum Gasteiger partial charge on any atom is 0.109 e. The van der Waals surface area contributed by atoms with E-state index in [0.29, 0.717) is 6.54 Å². The van der Waals surface area contributed by atoms with E-state index in [1.807, 2.05) is 42.6 Å². The van der Waals surface area contributed by atoms with Crippen molar-refractivity contribution in [2.75, 3.05) is 6.61 Å². The number of aryl methyl sites for hydroxylation is 1. The topological polar surface area (TPSA) is 38.1 Å². The van der Waals surface area contributed by atoms with Crippen LogP contribution in [-0.4, -0.2) is 21.3 Å². The molecule has 0 radical (unpaired) electrons. The molecule has 28 heavy (non-hydrogen) atoms. The van der Waals surface area contributed by atoms with Gasteiger partial charge >= 0.3 is 0 Å². The third kappa shape index (κ3) is 5.34. The van der Waals surface area contributed by atoms with Crippen LogP contribution in [0.3, 0.4) is 0 Å². The van der Waals surface area contributed by atoms with Gasteiger partial charge < -0.3 is 9.67 Å². The number of benzene rings is 2. The van der Waals surface area contributed by atoms with Crippen molar-refractivity contribution < 1.29 is 5.11 Å². The first-order chi connectivity index (χ1) is 13.7. The summed E-state index contributed by atoms with van der Waals surface area (Å²) in [4.78, 5) is 4.67. The number of halogens is 1. The lowest BCUT2D eigenvalue weighted by Crippen LogP contribution is -2.08. The van der Waals surface area contributed by atoms with E-state index in [4.69, 9.17) is 11.6 Å². The molecule has 0 spiro atoms. The summed E-state index contributed by atoms with van der Waals surface area (Å²) in [6.45, 7) is 2.89. The Bertz CT molecular complexity index is 915. The van der Waals surface area contributed by atoms with Gasteiger partial charge in [-0.15, -0.1) is 0 Å². The molecular weight excluding hydrogens is 368 g/mol. The molecular formula is C24H27ClN2O. The average molecular weight is 395 g/mol. The van der Waals surface area contributed by atoms with E-state index in [9.17, 15) is 5.11 Å². The molecule has 3 nitrogen and oxygen atoms in total. The first-order valence-corrected chi connectivity index (χ1v) is 10.2. The lowest BCUT2D eigenvalue weighted by atomic mass is 10.0. The highest BCUT2D eigenvalue weighted by atomic mass is 35.5. The van der Waals surface area contributed by atoms with Gasteiger partial charge in [0.15, 0.2) is 0 Å². The van der Waals surface area contributed by atoms with Gasteiger partial charge in [-0.25, -0.2) is 4.98 Å². The van der Waals surface area contributed by atoms with Crippen LogP contribution in [0.5, 0.6) is 0 Å². The standard InChI is InChI=1S/C24H27ClN2O/c1-2-3-13-24-26-16-22(27(24)17-21-11-7-8-12-23(21)25)15-20(18-28)14-19-9-5-4-6-10-19/h4-12,15-16,28H,2-3,13-14,17-18H2,1H3. The molecule has 0 saturated carbocycles. The number of hydrogen-bond donors (Lipinski definition) is 1. The van der Waals surface area contributed by atoms with E-state index >= 15 is 0 Å². The van der Waals surface area contributed by atoms with Gasteiger partial charge in [0.25, 0.3) is 0 Å². The lowest BCUT2D eigenvalue weighted by molar-refractivity contribution is 0.329. The van der Waals surface area contributed by atoms with Gasteiger partial charge in [-0.3, -0.25) is 0 Å². The van der Waals surface area contributed by atoms with Crippen molar-refractivity contribution in [3.05, 3.63) is 94.0 Å². The highest BCUT2D eigenvalue weighted by Gasteiger charge is 2.11. The van der Waals surface area contributed by atoms with Gasteiger partial charge in [-0.1, -0.05) is 73.5 Å². The summed E-state index contributed by atoms with van der Waals surface area (Å²) in [7, 11) is 0. The van der Waals surface area contributed by atoms with Crippen LogP contribution in [0.4, 0.5) is 0 Å². The smallest absolute Gasteiger partial charge is 0.109 e. The van der Waals surface area contributed by atoms with Gasteiger partial charge in [0.2, 0.25) is 0 Å². The van der Waals surface area contributed by atoms with Crippen LogP contribution in [0.15, 0.2) is 66.4 Å². The fourth-order valence-corrected chi connectivity index (χ4v) is 3.47. The number of unbranched alkanes of at least 4 members (excludes halogenated alkanes) is 1. The average Bonchev–Trinajstić information content (AvgIpc) is 3.09. The Hall–Kier alpha value is -2.36. The molecule has 3 rings (SSSR count). The fourth-order valence-electron chi connectivity index (χ4n) is 3.28. The van der Waals surface area contributed by atoms with E-state index in [-0.39, 0.29) is 6.61 Å². The number of aliphatic hydroxyl groups is 1. The number of hydrogen-bond acceptors (Lipinski definition) is 2.